The standard InChI is InChI=1S/C13H14N2O3S/c1-13(2,3)10(16)6-8-4-5-9-11(14-7-19-9)12(8)15(17)18/h4-5,7H,6H2,1-3H3. The largest absolute Gasteiger partial charge is 0.299 e. The summed E-state index contributed by atoms with van der Waals surface area (Å²) >= 11 is 1.35. The van der Waals surface area contributed by atoms with Crippen molar-refractivity contribution >= 4 is 33.0 Å². The molecule has 0 N–H and O–H groups in total. The summed E-state index contributed by atoms with van der Waals surface area (Å²) in [4.78, 5) is 26.9. The molecule has 1 aromatic heterocycles. The summed E-state index contributed by atoms with van der Waals surface area (Å²) in [6.07, 6.45) is 0.0628. The topological polar surface area (TPSA) is 73.1 Å². The lowest BCUT2D eigenvalue weighted by Gasteiger charge is -2.16. The summed E-state index contributed by atoms with van der Waals surface area (Å²) in [5.41, 5.74) is 1.83. The smallest absolute Gasteiger partial charge is 0.299 e. The fraction of sp³-hybridized carbons (Fsp3) is 0.385. The van der Waals surface area contributed by atoms with Crippen molar-refractivity contribution in [3.05, 3.63) is 33.3 Å². The number of nitro groups is 1. The Bertz CT molecular complexity index is 655. The number of aromatic nitrogens is 1. The quantitative estimate of drug-likeness (QED) is 0.637. The fourth-order valence-electron chi connectivity index (χ4n) is 1.74. The van der Waals surface area contributed by atoms with Crippen molar-refractivity contribution in [3.8, 4) is 0 Å². The maximum absolute atomic E-state index is 12.0. The lowest BCUT2D eigenvalue weighted by atomic mass is 9.87. The molecular weight excluding hydrogens is 264 g/mol. The fourth-order valence-corrected chi connectivity index (χ4v) is 2.42. The molecule has 0 aliphatic rings. The predicted molar refractivity (Wildman–Crippen MR) is 74.4 cm³/mol. The number of benzene rings is 1. The number of ketones is 1. The molecule has 100 valence electrons. The molecule has 0 saturated heterocycles. The second kappa shape index (κ2) is 4.70. The van der Waals surface area contributed by atoms with Gasteiger partial charge in [0.2, 0.25) is 0 Å². The molecule has 2 aromatic rings. The van der Waals surface area contributed by atoms with Crippen LogP contribution in [-0.2, 0) is 11.2 Å². The van der Waals surface area contributed by atoms with E-state index in [-0.39, 0.29) is 17.9 Å². The van der Waals surface area contributed by atoms with Gasteiger partial charge in [0.25, 0.3) is 5.69 Å². The van der Waals surface area contributed by atoms with Crippen LogP contribution in [0.3, 0.4) is 0 Å². The molecule has 1 heterocycles. The average molecular weight is 278 g/mol. The van der Waals surface area contributed by atoms with Crippen LogP contribution in [0, 0.1) is 15.5 Å². The Morgan fingerprint density at radius 1 is 1.42 bits per heavy atom. The average Bonchev–Trinajstić information content (AvgIpc) is 2.74. The highest BCUT2D eigenvalue weighted by Crippen LogP contribution is 2.32. The van der Waals surface area contributed by atoms with Gasteiger partial charge in [-0.3, -0.25) is 14.9 Å². The summed E-state index contributed by atoms with van der Waals surface area (Å²) in [6.45, 7) is 5.42. The first-order valence-electron chi connectivity index (χ1n) is 5.83. The Labute approximate surface area is 114 Å². The molecule has 5 nitrogen and oxygen atoms in total. The number of hydrogen-bond donors (Lipinski definition) is 0. The van der Waals surface area contributed by atoms with E-state index in [0.29, 0.717) is 11.1 Å². The maximum Gasteiger partial charge on any atom is 0.299 e. The van der Waals surface area contributed by atoms with Crippen molar-refractivity contribution in [2.45, 2.75) is 27.2 Å². The van der Waals surface area contributed by atoms with Gasteiger partial charge in [0.15, 0.2) is 5.52 Å². The number of carbonyl (C=O) groups excluding carboxylic acids is 1. The van der Waals surface area contributed by atoms with E-state index in [4.69, 9.17) is 0 Å². The van der Waals surface area contributed by atoms with Crippen molar-refractivity contribution in [2.75, 3.05) is 0 Å². The number of nitro benzene ring substituents is 1. The van der Waals surface area contributed by atoms with Crippen LogP contribution < -0.4 is 0 Å². The Balaban J connectivity index is 2.51. The summed E-state index contributed by atoms with van der Waals surface area (Å²) in [5.74, 6) is -0.0230. The van der Waals surface area contributed by atoms with Crippen molar-refractivity contribution < 1.29 is 9.72 Å². The molecule has 0 spiro atoms. The van der Waals surface area contributed by atoms with Crippen LogP contribution in [0.4, 0.5) is 5.69 Å². The molecule has 0 amide bonds. The van der Waals surface area contributed by atoms with Gasteiger partial charge in [0.05, 0.1) is 15.1 Å². The summed E-state index contributed by atoms with van der Waals surface area (Å²) in [5, 5.41) is 11.2. The SMILES string of the molecule is CC(C)(C)C(=O)Cc1ccc2scnc2c1[N+](=O)[O-]. The van der Waals surface area contributed by atoms with E-state index in [1.54, 1.807) is 17.6 Å². The van der Waals surface area contributed by atoms with Crippen molar-refractivity contribution in [3.63, 3.8) is 0 Å². The van der Waals surface area contributed by atoms with Gasteiger partial charge in [-0.15, -0.1) is 11.3 Å². The van der Waals surface area contributed by atoms with Crippen LogP contribution in [-0.4, -0.2) is 15.7 Å². The number of nitrogens with zero attached hydrogens (tertiary/aromatic N) is 2. The van der Waals surface area contributed by atoms with Crippen LogP contribution in [0.1, 0.15) is 26.3 Å². The zero-order valence-electron chi connectivity index (χ0n) is 11.0. The summed E-state index contributed by atoms with van der Waals surface area (Å²) in [7, 11) is 0. The van der Waals surface area contributed by atoms with Crippen molar-refractivity contribution in [1.29, 1.82) is 0 Å². The molecule has 0 aliphatic heterocycles. The third kappa shape index (κ3) is 2.63. The second-order valence-corrected chi connectivity index (χ2v) is 6.27. The second-order valence-electron chi connectivity index (χ2n) is 5.38. The van der Waals surface area contributed by atoms with E-state index in [1.807, 2.05) is 20.8 Å². The molecule has 19 heavy (non-hydrogen) atoms. The highest BCUT2D eigenvalue weighted by Gasteiger charge is 2.27. The summed E-state index contributed by atoms with van der Waals surface area (Å²) in [6, 6.07) is 3.44. The van der Waals surface area contributed by atoms with Crippen LogP contribution in [0.5, 0.6) is 0 Å². The zero-order chi connectivity index (χ0) is 14.2. The number of rotatable bonds is 3. The molecule has 0 atom stereocenters. The van der Waals surface area contributed by atoms with Crippen LogP contribution in [0.15, 0.2) is 17.6 Å². The van der Waals surface area contributed by atoms with Gasteiger partial charge in [-0.1, -0.05) is 26.8 Å². The Hall–Kier alpha value is -1.82. The molecule has 0 saturated carbocycles. The first kappa shape index (κ1) is 13.6. The van der Waals surface area contributed by atoms with E-state index in [1.165, 1.54) is 11.3 Å². The predicted octanol–water partition coefficient (Wildman–Crippen LogP) is 3.36. The third-order valence-corrected chi connectivity index (χ3v) is 3.72. The minimum atomic E-state index is -0.509. The third-order valence-electron chi connectivity index (χ3n) is 2.93. The van der Waals surface area contributed by atoms with Gasteiger partial charge >= 0.3 is 0 Å². The Morgan fingerprint density at radius 2 is 2.11 bits per heavy atom. The first-order chi connectivity index (χ1) is 8.80. The molecule has 0 aliphatic carbocycles. The van der Waals surface area contributed by atoms with Crippen LogP contribution in [0.2, 0.25) is 0 Å². The monoisotopic (exact) mass is 278 g/mol. The Morgan fingerprint density at radius 3 is 2.68 bits per heavy atom. The molecule has 2 rings (SSSR count). The number of hydrogen-bond acceptors (Lipinski definition) is 5. The number of fused-ring (bicyclic) bond motifs is 1. The lowest BCUT2D eigenvalue weighted by molar-refractivity contribution is -0.383. The van der Waals surface area contributed by atoms with E-state index in [0.717, 1.165) is 4.70 Å². The maximum atomic E-state index is 12.0. The first-order valence-corrected chi connectivity index (χ1v) is 6.71. The van der Waals surface area contributed by atoms with Gasteiger partial charge in [-0.05, 0) is 6.07 Å². The van der Waals surface area contributed by atoms with Gasteiger partial charge < -0.3 is 0 Å². The highest BCUT2D eigenvalue weighted by atomic mass is 32.1. The summed E-state index contributed by atoms with van der Waals surface area (Å²) < 4.78 is 0.763. The Kier molecular flexibility index (Phi) is 3.36. The normalized spacial score (nSPS) is 11.7. The van der Waals surface area contributed by atoms with E-state index in [2.05, 4.69) is 4.98 Å². The molecule has 0 fully saturated rings. The number of carbonyl (C=O) groups is 1. The minimum Gasteiger partial charge on any atom is -0.299 e. The van der Waals surface area contributed by atoms with Crippen LogP contribution in [0.25, 0.3) is 10.2 Å². The molecule has 0 radical (unpaired) electrons. The molecule has 1 aromatic carbocycles. The van der Waals surface area contributed by atoms with E-state index < -0.39 is 10.3 Å². The van der Waals surface area contributed by atoms with Crippen molar-refractivity contribution in [2.24, 2.45) is 5.41 Å². The van der Waals surface area contributed by atoms with Crippen molar-refractivity contribution in [1.82, 2.24) is 4.98 Å². The highest BCUT2D eigenvalue weighted by molar-refractivity contribution is 7.16. The molecule has 0 bridgehead atoms. The van der Waals surface area contributed by atoms with Crippen LogP contribution >= 0.6 is 11.3 Å². The minimum absolute atomic E-state index is 0.0230. The van der Waals surface area contributed by atoms with Gasteiger partial charge in [0.1, 0.15) is 5.78 Å². The zero-order valence-corrected chi connectivity index (χ0v) is 11.8. The molecule has 6 heteroatoms. The molecule has 0 unspecified atom stereocenters. The molecular formula is C13H14N2O3S. The van der Waals surface area contributed by atoms with Gasteiger partial charge in [0, 0.05) is 17.4 Å². The van der Waals surface area contributed by atoms with Gasteiger partial charge in [-0.2, -0.15) is 0 Å². The van der Waals surface area contributed by atoms with E-state index >= 15 is 0 Å². The lowest BCUT2D eigenvalue weighted by Crippen LogP contribution is -2.22. The number of thiazole rings is 1. The van der Waals surface area contributed by atoms with E-state index in [9.17, 15) is 14.9 Å². The van der Waals surface area contributed by atoms with Gasteiger partial charge in [-0.25, -0.2) is 4.98 Å². The number of Topliss-reactive ketones (excluding diaryl/α,β-unsaturated/α-hetero) is 1.